The molecule has 0 unspecified atom stereocenters. The molecule has 2 aromatic carbocycles. The third kappa shape index (κ3) is 7.26. The van der Waals surface area contributed by atoms with Crippen molar-refractivity contribution in [2.75, 3.05) is 28.9 Å². The number of anilines is 2. The molecule has 12 heteroatoms. The van der Waals surface area contributed by atoms with E-state index in [1.165, 1.54) is 6.07 Å². The molecule has 0 saturated carbocycles. The highest BCUT2D eigenvalue weighted by Crippen LogP contribution is 2.39. The number of fused-ring (bicyclic) bond motifs is 1. The van der Waals surface area contributed by atoms with Crippen molar-refractivity contribution in [3.8, 4) is 22.9 Å². The molecule has 1 saturated heterocycles. The fraction of sp³-hybridized carbons (Fsp3) is 0.367. The lowest BCUT2D eigenvalue weighted by Crippen LogP contribution is -2.42. The predicted octanol–water partition coefficient (Wildman–Crippen LogP) is 6.16. The van der Waals surface area contributed by atoms with Crippen LogP contribution < -0.4 is 20.1 Å². The Hall–Kier alpha value is -3.54. The first kappa shape index (κ1) is 31.4. The normalized spacial score (nSPS) is 17.1. The summed E-state index contributed by atoms with van der Waals surface area (Å²) in [5.74, 6) is 0.936. The number of sulfonamides is 1. The highest BCUT2D eigenvalue weighted by molar-refractivity contribution is 7.92. The van der Waals surface area contributed by atoms with E-state index in [0.29, 0.717) is 45.5 Å². The summed E-state index contributed by atoms with van der Waals surface area (Å²) >= 11 is 0. The Labute approximate surface area is 252 Å². The second-order valence-corrected chi connectivity index (χ2v) is 12.8. The average molecular weight is 615 g/mol. The van der Waals surface area contributed by atoms with E-state index < -0.39 is 15.8 Å². The maximum Gasteiger partial charge on any atom is 0.233 e. The minimum atomic E-state index is -3.76. The van der Waals surface area contributed by atoms with Crippen LogP contribution in [0.15, 0.2) is 54.9 Å². The molecule has 1 aliphatic heterocycles. The molecule has 0 radical (unpaired) electrons. The van der Waals surface area contributed by atoms with E-state index in [0.717, 1.165) is 25.1 Å². The molecule has 0 aliphatic carbocycles. The summed E-state index contributed by atoms with van der Waals surface area (Å²) < 4.78 is 49.2. The van der Waals surface area contributed by atoms with E-state index in [1.54, 1.807) is 56.6 Å². The topological polar surface area (TPSA) is 118 Å². The summed E-state index contributed by atoms with van der Waals surface area (Å²) in [6.07, 6.45) is 4.35. The van der Waals surface area contributed by atoms with Gasteiger partial charge in [0.25, 0.3) is 0 Å². The fourth-order valence-electron chi connectivity index (χ4n) is 5.13. The van der Waals surface area contributed by atoms with Crippen molar-refractivity contribution in [1.82, 2.24) is 20.3 Å². The summed E-state index contributed by atoms with van der Waals surface area (Å²) in [5.41, 5.74) is 1.96. The van der Waals surface area contributed by atoms with Crippen LogP contribution >= 0.6 is 12.4 Å². The van der Waals surface area contributed by atoms with Gasteiger partial charge in [-0.05, 0) is 67.6 Å². The van der Waals surface area contributed by atoms with Crippen LogP contribution in [0.5, 0.6) is 11.6 Å². The number of pyridine rings is 1. The van der Waals surface area contributed by atoms with E-state index in [4.69, 9.17) is 9.72 Å². The Kier molecular flexibility index (Phi) is 9.85. The number of piperidine rings is 1. The van der Waals surface area contributed by atoms with Crippen LogP contribution in [0, 0.1) is 24.6 Å². The van der Waals surface area contributed by atoms with Gasteiger partial charge in [0, 0.05) is 35.8 Å². The van der Waals surface area contributed by atoms with Gasteiger partial charge in [-0.2, -0.15) is 0 Å². The average Bonchev–Trinajstić information content (AvgIpc) is 2.91. The SMILES string of the molecule is Cc1ccc2c(NS(=O)(=O)CC(C)C)c(F)ccc2c1Oc1ncccc1-c1ccnc(N[C@@H]2CNC[C@@H](C)C2)n1.Cl. The maximum absolute atomic E-state index is 15.0. The smallest absolute Gasteiger partial charge is 0.233 e. The fourth-order valence-corrected chi connectivity index (χ4v) is 6.61. The largest absolute Gasteiger partial charge is 0.437 e. The Bertz CT molecular complexity index is 1670. The van der Waals surface area contributed by atoms with Gasteiger partial charge in [0.2, 0.25) is 21.9 Å². The minimum absolute atomic E-state index is 0. The van der Waals surface area contributed by atoms with Gasteiger partial charge in [0.1, 0.15) is 11.6 Å². The molecule has 3 N–H and O–H groups in total. The molecule has 0 spiro atoms. The van der Waals surface area contributed by atoms with Gasteiger partial charge in [0.05, 0.1) is 22.7 Å². The Morgan fingerprint density at radius 3 is 2.62 bits per heavy atom. The van der Waals surface area contributed by atoms with E-state index in [2.05, 4.69) is 32.2 Å². The summed E-state index contributed by atoms with van der Waals surface area (Å²) in [5, 5.41) is 7.79. The Morgan fingerprint density at radius 2 is 1.86 bits per heavy atom. The number of halogens is 2. The second-order valence-electron chi connectivity index (χ2n) is 11.1. The zero-order chi connectivity index (χ0) is 29.1. The van der Waals surface area contributed by atoms with Crippen molar-refractivity contribution < 1.29 is 17.5 Å². The minimum Gasteiger partial charge on any atom is -0.437 e. The molecule has 1 aliphatic rings. The van der Waals surface area contributed by atoms with E-state index in [1.807, 2.05) is 13.0 Å². The van der Waals surface area contributed by atoms with Crippen LogP contribution in [0.25, 0.3) is 22.0 Å². The number of hydrogen-bond donors (Lipinski definition) is 3. The molecular formula is C30H36ClFN6O3S. The molecule has 42 heavy (non-hydrogen) atoms. The zero-order valence-corrected chi connectivity index (χ0v) is 25.7. The van der Waals surface area contributed by atoms with Gasteiger partial charge in [-0.15, -0.1) is 12.4 Å². The number of ether oxygens (including phenoxy) is 1. The lowest BCUT2D eigenvalue weighted by Gasteiger charge is -2.28. The van der Waals surface area contributed by atoms with Crippen molar-refractivity contribution >= 4 is 44.8 Å². The van der Waals surface area contributed by atoms with Crippen LogP contribution in [0.1, 0.15) is 32.8 Å². The molecule has 5 rings (SSSR count). The van der Waals surface area contributed by atoms with Gasteiger partial charge in [-0.1, -0.05) is 32.9 Å². The molecular weight excluding hydrogens is 579 g/mol. The number of benzene rings is 2. The Morgan fingerprint density at radius 1 is 1.07 bits per heavy atom. The molecule has 9 nitrogen and oxygen atoms in total. The van der Waals surface area contributed by atoms with Crippen molar-refractivity contribution in [2.45, 2.75) is 40.2 Å². The van der Waals surface area contributed by atoms with Gasteiger partial charge < -0.3 is 15.4 Å². The van der Waals surface area contributed by atoms with Crippen LogP contribution in [0.3, 0.4) is 0 Å². The first-order valence-electron chi connectivity index (χ1n) is 13.8. The molecule has 0 bridgehead atoms. The molecule has 4 aromatic rings. The number of nitrogens with zero attached hydrogens (tertiary/aromatic N) is 3. The van der Waals surface area contributed by atoms with Crippen LogP contribution in [-0.2, 0) is 10.0 Å². The molecule has 2 aromatic heterocycles. The van der Waals surface area contributed by atoms with Crippen molar-refractivity contribution in [2.24, 2.45) is 11.8 Å². The van der Waals surface area contributed by atoms with Gasteiger partial charge in [-0.25, -0.2) is 27.8 Å². The third-order valence-electron chi connectivity index (χ3n) is 6.91. The predicted molar refractivity (Wildman–Crippen MR) is 168 cm³/mol. The van der Waals surface area contributed by atoms with Crippen LogP contribution in [-0.4, -0.2) is 48.3 Å². The monoisotopic (exact) mass is 614 g/mol. The van der Waals surface area contributed by atoms with Crippen molar-refractivity contribution in [1.29, 1.82) is 0 Å². The molecule has 3 heterocycles. The van der Waals surface area contributed by atoms with Crippen molar-refractivity contribution in [3.63, 3.8) is 0 Å². The second kappa shape index (κ2) is 13.2. The van der Waals surface area contributed by atoms with E-state index in [9.17, 15) is 12.8 Å². The van der Waals surface area contributed by atoms with Gasteiger partial charge >= 0.3 is 0 Å². The van der Waals surface area contributed by atoms with E-state index >= 15 is 0 Å². The summed E-state index contributed by atoms with van der Waals surface area (Å²) in [6.45, 7) is 9.52. The van der Waals surface area contributed by atoms with E-state index in [-0.39, 0.29) is 35.8 Å². The number of aryl methyl sites for hydroxylation is 1. The summed E-state index contributed by atoms with van der Waals surface area (Å²) in [6, 6.07) is 12.0. The molecule has 0 amide bonds. The quantitative estimate of drug-likeness (QED) is 0.205. The highest BCUT2D eigenvalue weighted by atomic mass is 35.5. The number of hydrogen-bond acceptors (Lipinski definition) is 8. The van der Waals surface area contributed by atoms with Crippen LogP contribution in [0.4, 0.5) is 16.0 Å². The van der Waals surface area contributed by atoms with Crippen LogP contribution in [0.2, 0.25) is 0 Å². The molecule has 1 fully saturated rings. The van der Waals surface area contributed by atoms with Gasteiger partial charge in [-0.3, -0.25) is 4.72 Å². The standard InChI is InChI=1S/C30H35FN6O3S.ClH/c1-18(2)17-41(38,39)37-27-22-8-7-20(4)28(23(22)9-10-25(27)31)40-29-24(6-5-12-33-29)26-11-13-34-30(36-26)35-21-14-19(3)15-32-16-21;/h5-13,18-19,21,32,37H,14-17H2,1-4H3,(H,34,35,36);1H/t19-,21-;/m0./s1. The lowest BCUT2D eigenvalue weighted by atomic mass is 9.98. The number of nitrogens with one attached hydrogen (secondary N) is 3. The summed E-state index contributed by atoms with van der Waals surface area (Å²) in [7, 11) is -3.76. The first-order chi connectivity index (χ1) is 19.6. The molecule has 2 atom stereocenters. The highest BCUT2D eigenvalue weighted by Gasteiger charge is 2.22. The first-order valence-corrected chi connectivity index (χ1v) is 15.4. The van der Waals surface area contributed by atoms with Crippen molar-refractivity contribution in [3.05, 3.63) is 66.2 Å². The molecule has 224 valence electrons. The third-order valence-corrected chi connectivity index (χ3v) is 8.53. The Balaban J connectivity index is 0.00000405. The maximum atomic E-state index is 15.0. The number of aromatic nitrogens is 3. The number of rotatable bonds is 9. The zero-order valence-electron chi connectivity index (χ0n) is 24.0. The lowest BCUT2D eigenvalue weighted by molar-refractivity contribution is 0.377. The van der Waals surface area contributed by atoms with Gasteiger partial charge in [0.15, 0.2) is 0 Å². The summed E-state index contributed by atoms with van der Waals surface area (Å²) in [4.78, 5) is 13.6.